The predicted octanol–water partition coefficient (Wildman–Crippen LogP) is -0.693. The van der Waals surface area contributed by atoms with Crippen molar-refractivity contribution in [2.75, 3.05) is 26.7 Å². The highest BCUT2D eigenvalue weighted by Gasteiger charge is 2.28. The molecule has 0 aromatic carbocycles. The number of hydrogen-bond acceptors (Lipinski definition) is 2. The molecule has 0 atom stereocenters. The van der Waals surface area contributed by atoms with E-state index in [1.807, 2.05) is 6.92 Å². The Morgan fingerprint density at radius 2 is 1.91 bits per heavy atom. The van der Waals surface area contributed by atoms with Gasteiger partial charge in [-0.1, -0.05) is 0 Å². The summed E-state index contributed by atoms with van der Waals surface area (Å²) in [6.45, 7) is 3.81. The Morgan fingerprint density at radius 3 is 2.45 bits per heavy atom. The Kier molecular flexibility index (Phi) is 2.12. The van der Waals surface area contributed by atoms with Crippen LogP contribution in [0.2, 0.25) is 0 Å². The summed E-state index contributed by atoms with van der Waals surface area (Å²) in [6, 6.07) is 0. The van der Waals surface area contributed by atoms with Gasteiger partial charge in [0.1, 0.15) is 0 Å². The lowest BCUT2D eigenvalue weighted by atomic mass is 10.3. The number of nitrogens with zero attached hydrogens (tertiary/aromatic N) is 2. The van der Waals surface area contributed by atoms with Gasteiger partial charge in [0.25, 0.3) is 0 Å². The summed E-state index contributed by atoms with van der Waals surface area (Å²) in [5, 5.41) is 0. The second-order valence-electron chi connectivity index (χ2n) is 2.61. The van der Waals surface area contributed by atoms with Gasteiger partial charge in [-0.3, -0.25) is 9.59 Å². The molecule has 0 saturated carbocycles. The van der Waals surface area contributed by atoms with Crippen LogP contribution in [-0.4, -0.2) is 48.3 Å². The van der Waals surface area contributed by atoms with Gasteiger partial charge in [-0.25, -0.2) is 0 Å². The topological polar surface area (TPSA) is 40.6 Å². The van der Waals surface area contributed by atoms with Crippen molar-refractivity contribution in [3.63, 3.8) is 0 Å². The molecule has 0 spiro atoms. The maximum atomic E-state index is 11.1. The monoisotopic (exact) mass is 156 g/mol. The maximum absolute atomic E-state index is 11.1. The quantitative estimate of drug-likeness (QED) is 0.471. The van der Waals surface area contributed by atoms with Crippen molar-refractivity contribution in [2.45, 2.75) is 6.92 Å². The first-order valence-corrected chi connectivity index (χ1v) is 3.71. The van der Waals surface area contributed by atoms with Crippen LogP contribution in [0.15, 0.2) is 0 Å². The van der Waals surface area contributed by atoms with Crippen molar-refractivity contribution < 1.29 is 9.59 Å². The maximum Gasteiger partial charge on any atom is 0.312 e. The molecule has 0 N–H and O–H groups in total. The van der Waals surface area contributed by atoms with Crippen LogP contribution in [0, 0.1) is 0 Å². The predicted molar refractivity (Wildman–Crippen MR) is 39.9 cm³/mol. The van der Waals surface area contributed by atoms with E-state index in [1.165, 1.54) is 4.90 Å². The standard InChI is InChI=1S/C7H12N2O2/c1-3-9-5-4-8(2)6(10)7(9)11/h3-5H2,1-2H3. The molecule has 0 aliphatic carbocycles. The third-order valence-corrected chi connectivity index (χ3v) is 1.90. The van der Waals surface area contributed by atoms with E-state index in [0.29, 0.717) is 19.6 Å². The number of carbonyl (C=O) groups is 2. The molecule has 1 aliphatic rings. The number of rotatable bonds is 1. The summed E-state index contributed by atoms with van der Waals surface area (Å²) in [5.74, 6) is -0.764. The number of amides is 2. The first-order valence-electron chi connectivity index (χ1n) is 3.71. The van der Waals surface area contributed by atoms with Gasteiger partial charge in [0.15, 0.2) is 0 Å². The van der Waals surface area contributed by atoms with Gasteiger partial charge < -0.3 is 9.80 Å². The molecule has 0 aromatic rings. The summed E-state index contributed by atoms with van der Waals surface area (Å²) in [4.78, 5) is 25.1. The molecule has 2 amide bonds. The molecule has 1 heterocycles. The molecule has 0 unspecified atom stereocenters. The molecule has 0 bridgehead atoms. The fraction of sp³-hybridized carbons (Fsp3) is 0.714. The van der Waals surface area contributed by atoms with Gasteiger partial charge in [-0.15, -0.1) is 0 Å². The van der Waals surface area contributed by atoms with Gasteiger partial charge in [0.05, 0.1) is 0 Å². The Balaban J connectivity index is 2.67. The van der Waals surface area contributed by atoms with E-state index < -0.39 is 5.91 Å². The molecule has 62 valence electrons. The van der Waals surface area contributed by atoms with Crippen molar-refractivity contribution >= 4 is 11.8 Å². The van der Waals surface area contributed by atoms with Crippen LogP contribution in [0.25, 0.3) is 0 Å². The summed E-state index contributed by atoms with van der Waals surface area (Å²) >= 11 is 0. The van der Waals surface area contributed by atoms with Gasteiger partial charge >= 0.3 is 11.8 Å². The summed E-state index contributed by atoms with van der Waals surface area (Å²) in [6.07, 6.45) is 0. The Morgan fingerprint density at radius 1 is 1.27 bits per heavy atom. The second-order valence-corrected chi connectivity index (χ2v) is 2.61. The van der Waals surface area contributed by atoms with E-state index in [9.17, 15) is 9.59 Å². The number of piperazine rings is 1. The fourth-order valence-corrected chi connectivity index (χ4v) is 1.07. The van der Waals surface area contributed by atoms with Crippen LogP contribution in [-0.2, 0) is 9.59 Å². The van der Waals surface area contributed by atoms with E-state index in [-0.39, 0.29) is 5.91 Å². The smallest absolute Gasteiger partial charge is 0.312 e. The summed E-state index contributed by atoms with van der Waals surface area (Å²) in [5.41, 5.74) is 0. The molecular formula is C7H12N2O2. The highest BCUT2D eigenvalue weighted by molar-refractivity contribution is 6.35. The van der Waals surface area contributed by atoms with Crippen LogP contribution >= 0.6 is 0 Å². The van der Waals surface area contributed by atoms with E-state index in [2.05, 4.69) is 0 Å². The lowest BCUT2D eigenvalue weighted by molar-refractivity contribution is -0.154. The zero-order valence-corrected chi connectivity index (χ0v) is 6.83. The van der Waals surface area contributed by atoms with Crippen LogP contribution in [0.1, 0.15) is 6.92 Å². The average molecular weight is 156 g/mol. The lowest BCUT2D eigenvalue weighted by Crippen LogP contribution is -2.52. The van der Waals surface area contributed by atoms with Gasteiger partial charge in [-0.05, 0) is 6.92 Å². The lowest BCUT2D eigenvalue weighted by Gasteiger charge is -2.30. The normalized spacial score (nSPS) is 19.5. The molecule has 1 rings (SSSR count). The molecule has 1 fully saturated rings. The third kappa shape index (κ3) is 1.34. The van der Waals surface area contributed by atoms with Crippen molar-refractivity contribution in [3.05, 3.63) is 0 Å². The summed E-state index contributed by atoms with van der Waals surface area (Å²) < 4.78 is 0. The SMILES string of the molecule is CCN1CCN(C)C(=O)C1=O. The Hall–Kier alpha value is -1.06. The molecule has 1 saturated heterocycles. The molecule has 0 aromatic heterocycles. The molecule has 1 aliphatic heterocycles. The average Bonchev–Trinajstić information content (AvgIpc) is 2.01. The zero-order chi connectivity index (χ0) is 8.43. The van der Waals surface area contributed by atoms with E-state index in [1.54, 1.807) is 11.9 Å². The fourth-order valence-electron chi connectivity index (χ4n) is 1.07. The van der Waals surface area contributed by atoms with E-state index in [0.717, 1.165) is 0 Å². The second kappa shape index (κ2) is 2.90. The highest BCUT2D eigenvalue weighted by atomic mass is 16.2. The molecular weight excluding hydrogens is 144 g/mol. The molecule has 0 radical (unpaired) electrons. The van der Waals surface area contributed by atoms with Crippen molar-refractivity contribution in [3.8, 4) is 0 Å². The zero-order valence-electron chi connectivity index (χ0n) is 6.83. The van der Waals surface area contributed by atoms with Crippen molar-refractivity contribution in [1.29, 1.82) is 0 Å². The van der Waals surface area contributed by atoms with Gasteiger partial charge in [-0.2, -0.15) is 0 Å². The van der Waals surface area contributed by atoms with Gasteiger partial charge in [0.2, 0.25) is 0 Å². The van der Waals surface area contributed by atoms with Crippen LogP contribution in [0.3, 0.4) is 0 Å². The Bertz CT molecular complexity index is 191. The minimum Gasteiger partial charge on any atom is -0.336 e. The number of likely N-dealkylation sites (N-methyl/N-ethyl adjacent to an activating group) is 2. The summed E-state index contributed by atoms with van der Waals surface area (Å²) in [7, 11) is 1.65. The van der Waals surface area contributed by atoms with E-state index in [4.69, 9.17) is 0 Å². The molecule has 11 heavy (non-hydrogen) atoms. The van der Waals surface area contributed by atoms with Crippen molar-refractivity contribution in [2.24, 2.45) is 0 Å². The highest BCUT2D eigenvalue weighted by Crippen LogP contribution is 2.01. The minimum atomic E-state index is -0.391. The largest absolute Gasteiger partial charge is 0.336 e. The molecule has 4 nitrogen and oxygen atoms in total. The van der Waals surface area contributed by atoms with Crippen molar-refractivity contribution in [1.82, 2.24) is 9.80 Å². The number of carbonyl (C=O) groups excluding carboxylic acids is 2. The third-order valence-electron chi connectivity index (χ3n) is 1.90. The van der Waals surface area contributed by atoms with Crippen LogP contribution in [0.4, 0.5) is 0 Å². The molecule has 4 heteroatoms. The Labute approximate surface area is 65.8 Å². The van der Waals surface area contributed by atoms with E-state index >= 15 is 0 Å². The van der Waals surface area contributed by atoms with Crippen LogP contribution in [0.5, 0.6) is 0 Å². The van der Waals surface area contributed by atoms with Crippen LogP contribution < -0.4 is 0 Å². The first-order chi connectivity index (χ1) is 5.16. The minimum absolute atomic E-state index is 0.374. The number of hydrogen-bond donors (Lipinski definition) is 0. The first kappa shape index (κ1) is 8.04. The van der Waals surface area contributed by atoms with Gasteiger partial charge in [0, 0.05) is 26.7 Å².